The number of pyridine rings is 2. The van der Waals surface area contributed by atoms with Crippen molar-refractivity contribution in [2.75, 3.05) is 26.2 Å². The second-order valence-corrected chi connectivity index (χ2v) is 12.5. The third-order valence-electron chi connectivity index (χ3n) is 8.36. The van der Waals surface area contributed by atoms with E-state index in [0.29, 0.717) is 31.0 Å². The molecule has 2 aliphatic rings. The fraction of sp³-hybridized carbons (Fsp3) is 0.452. The summed E-state index contributed by atoms with van der Waals surface area (Å²) in [6.07, 6.45) is -0.733. The maximum absolute atomic E-state index is 14.6. The molecule has 1 amide bonds. The van der Waals surface area contributed by atoms with E-state index in [1.54, 1.807) is 45.3 Å². The number of aromatic nitrogens is 2. The van der Waals surface area contributed by atoms with Gasteiger partial charge in [-0.05, 0) is 38.5 Å². The predicted molar refractivity (Wildman–Crippen MR) is 163 cm³/mol. The summed E-state index contributed by atoms with van der Waals surface area (Å²) in [5.74, 6) is -2.39. The summed E-state index contributed by atoms with van der Waals surface area (Å²) in [6.45, 7) is 9.67. The number of ether oxygens (including phenoxy) is 1. The van der Waals surface area contributed by atoms with Crippen LogP contribution in [-0.4, -0.2) is 63.1 Å². The zero-order chi connectivity index (χ0) is 31.8. The predicted octanol–water partition coefficient (Wildman–Crippen LogP) is 4.36. The van der Waals surface area contributed by atoms with Gasteiger partial charge >= 0.3 is 19.7 Å². The number of hydrogen-bond donors (Lipinski definition) is 0. The molecule has 44 heavy (non-hydrogen) atoms. The van der Waals surface area contributed by atoms with E-state index >= 15 is 0 Å². The summed E-state index contributed by atoms with van der Waals surface area (Å²) in [5.41, 5.74) is 0.639. The van der Waals surface area contributed by atoms with E-state index in [1.807, 2.05) is 30.3 Å². The van der Waals surface area contributed by atoms with E-state index < -0.39 is 37.6 Å². The molecule has 0 fully saturated rings. The highest BCUT2D eigenvalue weighted by Gasteiger charge is 2.55. The highest BCUT2D eigenvalue weighted by molar-refractivity contribution is 7.51. The molecule has 0 spiro atoms. The SMILES string of the molecule is CCN(CC)C(=O)CC(=O)OP(=O)(O[C@]1(CC)C(=O)OCc2c1cc1n(c2=O)Cc2cc3ccccc3nc2-1)N(CC)CC. The first kappa shape index (κ1) is 31.6. The number of para-hydroxylation sites is 1. The highest BCUT2D eigenvalue weighted by Crippen LogP contribution is 2.59. The Balaban J connectivity index is 1.61. The topological polar surface area (TPSA) is 137 Å². The van der Waals surface area contributed by atoms with Gasteiger partial charge in [-0.15, -0.1) is 0 Å². The molecule has 0 saturated carbocycles. The molecule has 12 nitrogen and oxygen atoms in total. The number of benzene rings is 1. The lowest BCUT2D eigenvalue weighted by atomic mass is 9.86. The van der Waals surface area contributed by atoms with Crippen molar-refractivity contribution in [1.29, 1.82) is 0 Å². The van der Waals surface area contributed by atoms with Crippen LogP contribution in [0.5, 0.6) is 0 Å². The van der Waals surface area contributed by atoms with Gasteiger partial charge in [-0.2, -0.15) is 4.67 Å². The molecule has 0 saturated heterocycles. The zero-order valence-electron chi connectivity index (χ0n) is 25.6. The minimum Gasteiger partial charge on any atom is -0.458 e. The summed E-state index contributed by atoms with van der Waals surface area (Å²) < 4.78 is 34.6. The molecule has 0 N–H and O–H groups in total. The van der Waals surface area contributed by atoms with Crippen molar-refractivity contribution >= 4 is 36.5 Å². The van der Waals surface area contributed by atoms with Crippen molar-refractivity contribution in [3.05, 3.63) is 63.4 Å². The minimum atomic E-state index is -4.58. The third-order valence-corrected chi connectivity index (χ3v) is 10.6. The summed E-state index contributed by atoms with van der Waals surface area (Å²) >= 11 is 0. The molecule has 0 bridgehead atoms. The molecule has 3 aromatic rings. The first-order valence-electron chi connectivity index (χ1n) is 14.9. The van der Waals surface area contributed by atoms with Crippen molar-refractivity contribution in [3.63, 3.8) is 0 Å². The standard InChI is InChI=1S/C31H37N4O8P/c1-6-31(43-44(40,34(9-4)10-5)42-27(37)17-26(36)33(7-2)8-3)23-16-25-28-21(15-20-13-11-12-14-24(20)32-28)18-35(25)29(38)22(23)19-41-30(31)39/h11-16H,6-10,17-19H2,1-5H3/t31-,44?/m0/s1. The summed E-state index contributed by atoms with van der Waals surface area (Å²) in [5, 5.41) is 0.933. The lowest BCUT2D eigenvalue weighted by molar-refractivity contribution is -0.171. The molecular weight excluding hydrogens is 587 g/mol. The number of hydrogen-bond acceptors (Lipinski definition) is 9. The summed E-state index contributed by atoms with van der Waals surface area (Å²) in [6, 6.07) is 11.3. The van der Waals surface area contributed by atoms with Crippen LogP contribution in [0.4, 0.5) is 0 Å². The number of fused-ring (bicyclic) bond motifs is 5. The van der Waals surface area contributed by atoms with Crippen LogP contribution < -0.4 is 5.56 Å². The van der Waals surface area contributed by atoms with Gasteiger partial charge in [0.25, 0.3) is 5.56 Å². The van der Waals surface area contributed by atoms with E-state index in [0.717, 1.165) is 16.5 Å². The third kappa shape index (κ3) is 5.25. The zero-order valence-corrected chi connectivity index (χ0v) is 26.5. The number of nitrogens with zero attached hydrogens (tertiary/aromatic N) is 4. The molecule has 2 aromatic heterocycles. The molecule has 0 aliphatic carbocycles. The van der Waals surface area contributed by atoms with Gasteiger partial charge < -0.3 is 18.7 Å². The van der Waals surface area contributed by atoms with Crippen LogP contribution in [0.3, 0.4) is 0 Å². The molecular formula is C31H37N4O8P. The monoisotopic (exact) mass is 624 g/mol. The maximum atomic E-state index is 14.6. The molecule has 2 atom stereocenters. The molecule has 4 heterocycles. The second-order valence-electron chi connectivity index (χ2n) is 10.7. The Bertz CT molecular complexity index is 1750. The maximum Gasteiger partial charge on any atom is 0.464 e. The van der Waals surface area contributed by atoms with Crippen LogP contribution in [0, 0.1) is 0 Å². The number of amides is 1. The van der Waals surface area contributed by atoms with Crippen molar-refractivity contribution < 1.29 is 32.7 Å². The van der Waals surface area contributed by atoms with E-state index in [9.17, 15) is 23.7 Å². The molecule has 234 valence electrons. The van der Waals surface area contributed by atoms with Gasteiger partial charge in [0.05, 0.1) is 29.0 Å². The van der Waals surface area contributed by atoms with Crippen LogP contribution >= 0.6 is 7.75 Å². The fourth-order valence-electron chi connectivity index (χ4n) is 5.94. The minimum absolute atomic E-state index is 0.0824. The van der Waals surface area contributed by atoms with Gasteiger partial charge in [-0.25, -0.2) is 14.3 Å². The van der Waals surface area contributed by atoms with E-state index in [2.05, 4.69) is 0 Å². The van der Waals surface area contributed by atoms with Crippen LogP contribution in [0.1, 0.15) is 64.2 Å². The van der Waals surface area contributed by atoms with Crippen molar-refractivity contribution in [2.45, 2.75) is 66.2 Å². The van der Waals surface area contributed by atoms with Crippen molar-refractivity contribution in [1.82, 2.24) is 19.1 Å². The molecule has 2 aliphatic heterocycles. The number of esters is 1. The van der Waals surface area contributed by atoms with Crippen LogP contribution in [0.2, 0.25) is 0 Å². The van der Waals surface area contributed by atoms with Crippen LogP contribution in [0.25, 0.3) is 22.3 Å². The average Bonchev–Trinajstić information content (AvgIpc) is 3.36. The fourth-order valence-corrected chi connectivity index (χ4v) is 7.92. The van der Waals surface area contributed by atoms with Gasteiger partial charge in [0.15, 0.2) is 0 Å². The summed E-state index contributed by atoms with van der Waals surface area (Å²) in [7, 11) is -4.58. The van der Waals surface area contributed by atoms with Gasteiger partial charge in [0.1, 0.15) is 13.0 Å². The number of rotatable bonds is 11. The van der Waals surface area contributed by atoms with Gasteiger partial charge in [0.2, 0.25) is 11.5 Å². The Hall–Kier alpha value is -3.86. The molecule has 13 heteroatoms. The normalized spacial score (nSPS) is 18.3. The van der Waals surface area contributed by atoms with Crippen molar-refractivity contribution in [2.24, 2.45) is 0 Å². The smallest absolute Gasteiger partial charge is 0.458 e. The van der Waals surface area contributed by atoms with Gasteiger partial charge in [0, 0.05) is 42.7 Å². The second kappa shape index (κ2) is 12.3. The lowest BCUT2D eigenvalue weighted by Crippen LogP contribution is -2.47. The Morgan fingerprint density at radius 2 is 1.75 bits per heavy atom. The first-order chi connectivity index (χ1) is 21.0. The van der Waals surface area contributed by atoms with Gasteiger partial charge in [-0.3, -0.25) is 18.9 Å². The Kier molecular flexibility index (Phi) is 8.80. The molecule has 0 radical (unpaired) electrons. The largest absolute Gasteiger partial charge is 0.464 e. The molecule has 1 aromatic carbocycles. The Morgan fingerprint density at radius 1 is 1.05 bits per heavy atom. The first-order valence-corrected chi connectivity index (χ1v) is 16.4. The quantitative estimate of drug-likeness (QED) is 0.135. The van der Waals surface area contributed by atoms with E-state index in [4.69, 9.17) is 18.8 Å². The number of cyclic esters (lactones) is 1. The Morgan fingerprint density at radius 3 is 2.41 bits per heavy atom. The average molecular weight is 625 g/mol. The Labute approximate surface area is 255 Å². The van der Waals surface area contributed by atoms with Crippen molar-refractivity contribution in [3.8, 4) is 11.4 Å². The van der Waals surface area contributed by atoms with E-state index in [-0.39, 0.29) is 42.8 Å². The molecule has 1 unspecified atom stereocenters. The highest BCUT2D eigenvalue weighted by atomic mass is 31.2. The molecule has 5 rings (SSSR count). The van der Waals surface area contributed by atoms with E-state index in [1.165, 1.54) is 9.57 Å². The number of carbonyl (C=O) groups excluding carboxylic acids is 3. The van der Waals surface area contributed by atoms with Gasteiger partial charge in [-0.1, -0.05) is 39.0 Å². The van der Waals surface area contributed by atoms with Crippen LogP contribution in [0.15, 0.2) is 41.2 Å². The summed E-state index contributed by atoms with van der Waals surface area (Å²) in [4.78, 5) is 59.5. The lowest BCUT2D eigenvalue weighted by Gasteiger charge is -2.39. The number of carbonyl (C=O) groups is 3. The van der Waals surface area contributed by atoms with Crippen LogP contribution in [-0.2, 0) is 51.5 Å².